The molecule has 0 aliphatic heterocycles. The lowest BCUT2D eigenvalue weighted by molar-refractivity contribution is 0.134. The van der Waals surface area contributed by atoms with Crippen LogP contribution < -0.4 is 5.32 Å². The van der Waals surface area contributed by atoms with Crippen LogP contribution in [-0.2, 0) is 25.6 Å². The summed E-state index contributed by atoms with van der Waals surface area (Å²) >= 11 is 0. The van der Waals surface area contributed by atoms with Gasteiger partial charge in [-0.2, -0.15) is 8.42 Å². The lowest BCUT2D eigenvalue weighted by atomic mass is 9.98. The molecule has 0 aromatic heterocycles. The molecule has 1 aromatic carbocycles. The summed E-state index contributed by atoms with van der Waals surface area (Å²) in [5.41, 5.74) is 0.913. The predicted octanol–water partition coefficient (Wildman–Crippen LogP) is 5.32. The van der Waals surface area contributed by atoms with E-state index in [-0.39, 0.29) is 24.5 Å². The number of carbonyl (C=O) groups excluding carboxylic acids is 1. The van der Waals surface area contributed by atoms with Crippen molar-refractivity contribution in [3.63, 3.8) is 0 Å². The van der Waals surface area contributed by atoms with Gasteiger partial charge in [0.1, 0.15) is 6.61 Å². The molecule has 1 N–H and O–H groups in total. The minimum absolute atomic E-state index is 0.0824. The number of benzene rings is 1. The molecule has 1 saturated carbocycles. The number of ether oxygens (including phenoxy) is 1. The van der Waals surface area contributed by atoms with Crippen molar-refractivity contribution in [2.45, 2.75) is 96.3 Å². The Labute approximate surface area is 181 Å². The van der Waals surface area contributed by atoms with E-state index < -0.39 is 16.2 Å². The van der Waals surface area contributed by atoms with Gasteiger partial charge in [-0.05, 0) is 31.2 Å². The van der Waals surface area contributed by atoms with Gasteiger partial charge < -0.3 is 10.1 Å². The molecule has 0 unspecified atom stereocenters. The summed E-state index contributed by atoms with van der Waals surface area (Å²) in [6, 6.07) is 9.24. The van der Waals surface area contributed by atoms with E-state index in [9.17, 15) is 13.2 Å². The monoisotopic (exact) mass is 439 g/mol. The first-order valence-corrected chi connectivity index (χ1v) is 12.9. The molecule has 1 fully saturated rings. The highest BCUT2D eigenvalue weighted by molar-refractivity contribution is 7.86. The van der Waals surface area contributed by atoms with Crippen LogP contribution in [0.2, 0.25) is 0 Å². The maximum atomic E-state index is 12.4. The summed E-state index contributed by atoms with van der Waals surface area (Å²) in [6.07, 6.45) is 9.46. The van der Waals surface area contributed by atoms with Crippen LogP contribution in [0.25, 0.3) is 0 Å². The van der Waals surface area contributed by atoms with Crippen LogP contribution in [-0.4, -0.2) is 32.4 Å². The highest BCUT2D eigenvalue weighted by atomic mass is 32.2. The molecule has 0 heterocycles. The van der Waals surface area contributed by atoms with Crippen LogP contribution >= 0.6 is 0 Å². The minimum atomic E-state index is -3.59. The van der Waals surface area contributed by atoms with Gasteiger partial charge >= 0.3 is 6.09 Å². The zero-order valence-electron chi connectivity index (χ0n) is 18.2. The topological polar surface area (TPSA) is 81.7 Å². The van der Waals surface area contributed by atoms with Crippen LogP contribution in [0.5, 0.6) is 0 Å². The normalized spacial score (nSPS) is 16.2. The lowest BCUT2D eigenvalue weighted by Gasteiger charge is -2.22. The largest absolute Gasteiger partial charge is 0.445 e. The van der Waals surface area contributed by atoms with Crippen LogP contribution in [0, 0.1) is 0 Å². The fraction of sp³-hybridized carbons (Fsp3) is 0.696. The summed E-state index contributed by atoms with van der Waals surface area (Å²) in [5, 5.41) is 2.86. The SMILES string of the molecule is CCCCCC[C@H](CCS(=O)(=O)OC1CCCCC1)NC(=O)OCc1ccccc1. The zero-order chi connectivity index (χ0) is 21.7. The number of carbonyl (C=O) groups is 1. The number of nitrogens with one attached hydrogen (secondary N) is 1. The molecule has 1 atom stereocenters. The Morgan fingerprint density at radius 3 is 2.50 bits per heavy atom. The molecule has 1 aliphatic rings. The van der Waals surface area contributed by atoms with Crippen molar-refractivity contribution in [1.82, 2.24) is 5.32 Å². The number of unbranched alkanes of at least 4 members (excludes halogenated alkanes) is 3. The highest BCUT2D eigenvalue weighted by Crippen LogP contribution is 2.22. The Hall–Kier alpha value is -1.60. The quantitative estimate of drug-likeness (QED) is 0.332. The van der Waals surface area contributed by atoms with Gasteiger partial charge in [0.15, 0.2) is 0 Å². The van der Waals surface area contributed by atoms with E-state index in [0.29, 0.717) is 6.42 Å². The van der Waals surface area contributed by atoms with Crippen molar-refractivity contribution in [2.75, 3.05) is 5.75 Å². The maximum absolute atomic E-state index is 12.4. The average molecular weight is 440 g/mol. The van der Waals surface area contributed by atoms with E-state index in [1.54, 1.807) is 0 Å². The van der Waals surface area contributed by atoms with Gasteiger partial charge in [-0.1, -0.05) is 82.2 Å². The van der Waals surface area contributed by atoms with Crippen molar-refractivity contribution in [3.8, 4) is 0 Å². The summed E-state index contributed by atoms with van der Waals surface area (Å²) in [5.74, 6) is -0.0824. The molecule has 7 heteroatoms. The molecule has 0 saturated heterocycles. The molecule has 6 nitrogen and oxygen atoms in total. The zero-order valence-corrected chi connectivity index (χ0v) is 19.0. The smallest absolute Gasteiger partial charge is 0.407 e. The van der Waals surface area contributed by atoms with E-state index in [0.717, 1.165) is 69.8 Å². The molecule has 30 heavy (non-hydrogen) atoms. The van der Waals surface area contributed by atoms with Gasteiger partial charge in [-0.15, -0.1) is 0 Å². The maximum Gasteiger partial charge on any atom is 0.407 e. The summed E-state index contributed by atoms with van der Waals surface area (Å²) in [6.45, 7) is 2.34. The van der Waals surface area contributed by atoms with Crippen LogP contribution in [0.15, 0.2) is 30.3 Å². The van der Waals surface area contributed by atoms with Crippen molar-refractivity contribution >= 4 is 16.2 Å². The number of hydrogen-bond donors (Lipinski definition) is 1. The Morgan fingerprint density at radius 1 is 1.07 bits per heavy atom. The second kappa shape index (κ2) is 13.7. The fourth-order valence-electron chi connectivity index (χ4n) is 3.74. The van der Waals surface area contributed by atoms with E-state index in [1.807, 2.05) is 30.3 Å². The first-order chi connectivity index (χ1) is 14.5. The van der Waals surface area contributed by atoms with Gasteiger partial charge in [0, 0.05) is 6.04 Å². The number of rotatable bonds is 13. The van der Waals surface area contributed by atoms with E-state index in [4.69, 9.17) is 8.92 Å². The summed E-state index contributed by atoms with van der Waals surface area (Å²) < 4.78 is 35.5. The second-order valence-corrected chi connectivity index (χ2v) is 9.88. The fourth-order valence-corrected chi connectivity index (χ4v) is 5.02. The van der Waals surface area contributed by atoms with Gasteiger partial charge in [-0.3, -0.25) is 4.18 Å². The van der Waals surface area contributed by atoms with Gasteiger partial charge in [-0.25, -0.2) is 4.79 Å². The van der Waals surface area contributed by atoms with Crippen molar-refractivity contribution in [2.24, 2.45) is 0 Å². The molecule has 170 valence electrons. The van der Waals surface area contributed by atoms with Crippen LogP contribution in [0.3, 0.4) is 0 Å². The Bertz CT molecular complexity index is 702. The highest BCUT2D eigenvalue weighted by Gasteiger charge is 2.23. The summed E-state index contributed by atoms with van der Waals surface area (Å²) in [7, 11) is -3.59. The third kappa shape index (κ3) is 10.4. The molecular formula is C23H37NO5S. The number of amides is 1. The molecule has 0 bridgehead atoms. The molecule has 0 radical (unpaired) electrons. The molecule has 0 spiro atoms. The van der Waals surface area contributed by atoms with Crippen molar-refractivity contribution in [1.29, 1.82) is 0 Å². The van der Waals surface area contributed by atoms with E-state index in [1.165, 1.54) is 0 Å². The number of alkyl carbamates (subject to hydrolysis) is 1. The predicted molar refractivity (Wildman–Crippen MR) is 119 cm³/mol. The van der Waals surface area contributed by atoms with E-state index in [2.05, 4.69) is 12.2 Å². The van der Waals surface area contributed by atoms with Crippen LogP contribution in [0.4, 0.5) is 4.79 Å². The van der Waals surface area contributed by atoms with Gasteiger partial charge in [0.05, 0.1) is 11.9 Å². The number of hydrogen-bond acceptors (Lipinski definition) is 5. The standard InChI is InChI=1S/C23H37NO5S/c1-2-3-4-9-14-21(24-23(25)28-19-20-12-7-5-8-13-20)17-18-30(26,27)29-22-15-10-6-11-16-22/h5,7-8,12-13,21-22H,2-4,6,9-11,14-19H2,1H3,(H,24,25)/t21-/m1/s1. The average Bonchev–Trinajstić information content (AvgIpc) is 2.74. The van der Waals surface area contributed by atoms with Crippen molar-refractivity contribution < 1.29 is 22.1 Å². The van der Waals surface area contributed by atoms with Crippen LogP contribution in [0.1, 0.15) is 83.1 Å². The third-order valence-corrected chi connectivity index (χ3v) is 6.79. The van der Waals surface area contributed by atoms with Gasteiger partial charge in [0.2, 0.25) is 0 Å². The first-order valence-electron chi connectivity index (χ1n) is 11.4. The molecular weight excluding hydrogens is 402 g/mol. The minimum Gasteiger partial charge on any atom is -0.445 e. The molecule has 1 aliphatic carbocycles. The Morgan fingerprint density at radius 2 is 1.80 bits per heavy atom. The Balaban J connectivity index is 1.81. The lowest BCUT2D eigenvalue weighted by Crippen LogP contribution is -2.37. The molecule has 2 rings (SSSR count). The van der Waals surface area contributed by atoms with E-state index >= 15 is 0 Å². The molecule has 1 amide bonds. The van der Waals surface area contributed by atoms with Crippen molar-refractivity contribution in [3.05, 3.63) is 35.9 Å². The Kier molecular flexibility index (Phi) is 11.2. The first kappa shape index (κ1) is 24.7. The molecule has 1 aromatic rings. The second-order valence-electron chi connectivity index (χ2n) is 8.16. The van der Waals surface area contributed by atoms with Gasteiger partial charge in [0.25, 0.3) is 10.1 Å². The summed E-state index contributed by atoms with van der Waals surface area (Å²) in [4.78, 5) is 12.2. The third-order valence-electron chi connectivity index (χ3n) is 5.49.